The summed E-state index contributed by atoms with van der Waals surface area (Å²) in [6.45, 7) is 19.8. The molecule has 6 aliphatic rings. The molecule has 5 fully saturated rings. The van der Waals surface area contributed by atoms with Gasteiger partial charge < -0.3 is 44.3 Å². The van der Waals surface area contributed by atoms with E-state index in [0.717, 1.165) is 38.5 Å². The molecule has 61 heavy (non-hydrogen) atoms. The number of carbonyl (C=O) groups excluding carboxylic acids is 2. The molecular weight excluding hydrogens is 779 g/mol. The minimum absolute atomic E-state index is 0.00151. The Balaban J connectivity index is 1.24. The molecule has 12 heteroatoms. The van der Waals surface area contributed by atoms with E-state index in [-0.39, 0.29) is 53.7 Å². The molecule has 1 saturated carbocycles. The maximum Gasteiger partial charge on any atom is 0.309 e. The van der Waals surface area contributed by atoms with E-state index in [1.165, 1.54) is 0 Å². The van der Waals surface area contributed by atoms with Crippen molar-refractivity contribution in [3.63, 3.8) is 0 Å². The number of carboxylic acids is 1. The van der Waals surface area contributed by atoms with Crippen LogP contribution in [-0.4, -0.2) is 98.4 Å². The van der Waals surface area contributed by atoms with E-state index in [4.69, 9.17) is 23.7 Å². The summed E-state index contributed by atoms with van der Waals surface area (Å²) >= 11 is 0. The fourth-order valence-electron chi connectivity index (χ4n) is 12.3. The largest absolute Gasteiger partial charge is 0.481 e. The minimum Gasteiger partial charge on any atom is -0.481 e. The molecule has 0 aromatic carbocycles. The van der Waals surface area contributed by atoms with Crippen LogP contribution in [0.15, 0.2) is 12.2 Å². The van der Waals surface area contributed by atoms with Gasteiger partial charge in [0.2, 0.25) is 5.91 Å². The standard InChI is InChI=1S/C49H81NO11/c1-11-35(45(54)55)37-20-19-28(4)42(58-37)32(8)40(51)31(7)41(52)36(12-2)43-29(5)27-30(6)48(59-43)24-21-38(50-44(53)34-17-15-14-16-18-34)49(61-48)26-25-46(10,60-49)39-22-23-47(56,13-3)33(9)57-39/h21,24,28-40,42-43,51,56H,11-20,22-23,25-27H2,1-10H3,(H,50,53)(H,54,55)/t28-,29-,30+,31-,32-,33-,35+,36?,37+,38?,39+,40+,42+,43-,46-,47+,48-,49-/m0/s1. The van der Waals surface area contributed by atoms with Crippen LogP contribution < -0.4 is 5.32 Å². The highest BCUT2D eigenvalue weighted by atomic mass is 16.8. The Kier molecular flexibility index (Phi) is 15.3. The highest BCUT2D eigenvalue weighted by Crippen LogP contribution is 2.54. The Morgan fingerprint density at radius 3 is 2.15 bits per heavy atom. The zero-order chi connectivity index (χ0) is 44.7. The number of aliphatic hydroxyl groups excluding tert-OH is 1. The third kappa shape index (κ3) is 9.58. The monoisotopic (exact) mass is 860 g/mol. The number of aliphatic hydroxyl groups is 2. The third-order valence-electron chi connectivity index (χ3n) is 16.8. The number of ketones is 1. The molecule has 348 valence electrons. The number of hydrogen-bond donors (Lipinski definition) is 4. The number of hydrogen-bond acceptors (Lipinski definition) is 10. The molecule has 4 N–H and O–H groups in total. The van der Waals surface area contributed by atoms with Crippen LogP contribution in [0.3, 0.4) is 0 Å². The van der Waals surface area contributed by atoms with Gasteiger partial charge in [0.05, 0.1) is 53.7 Å². The molecular formula is C49H81NO11. The van der Waals surface area contributed by atoms with Gasteiger partial charge in [-0.1, -0.05) is 80.7 Å². The van der Waals surface area contributed by atoms with E-state index in [1.54, 1.807) is 6.92 Å². The van der Waals surface area contributed by atoms with Crippen LogP contribution in [0.5, 0.6) is 0 Å². The van der Waals surface area contributed by atoms with Crippen molar-refractivity contribution in [2.75, 3.05) is 0 Å². The van der Waals surface area contributed by atoms with Crippen molar-refractivity contribution in [2.45, 2.75) is 231 Å². The molecule has 0 aromatic rings. The summed E-state index contributed by atoms with van der Waals surface area (Å²) in [5.74, 6) is -5.80. The van der Waals surface area contributed by atoms with Crippen LogP contribution in [0, 0.1) is 47.3 Å². The van der Waals surface area contributed by atoms with Crippen LogP contribution >= 0.6 is 0 Å². The lowest BCUT2D eigenvalue weighted by atomic mass is 9.72. The second-order valence-corrected chi connectivity index (χ2v) is 20.8. The molecule has 0 aromatic heterocycles. The van der Waals surface area contributed by atoms with Gasteiger partial charge in [-0.25, -0.2) is 0 Å². The number of aliphatic carboxylic acids is 1. The summed E-state index contributed by atoms with van der Waals surface area (Å²) < 4.78 is 34.8. The predicted molar refractivity (Wildman–Crippen MR) is 231 cm³/mol. The highest BCUT2D eigenvalue weighted by molar-refractivity contribution is 5.84. The van der Waals surface area contributed by atoms with E-state index < -0.39 is 76.8 Å². The van der Waals surface area contributed by atoms with Gasteiger partial charge in [0.15, 0.2) is 11.6 Å². The Morgan fingerprint density at radius 1 is 0.836 bits per heavy atom. The zero-order valence-corrected chi connectivity index (χ0v) is 39.0. The van der Waals surface area contributed by atoms with E-state index in [0.29, 0.717) is 57.8 Å². The molecule has 18 atom stereocenters. The van der Waals surface area contributed by atoms with Crippen molar-refractivity contribution >= 4 is 17.7 Å². The minimum atomic E-state index is -1.27. The quantitative estimate of drug-likeness (QED) is 0.125. The summed E-state index contributed by atoms with van der Waals surface area (Å²) in [6.07, 6.45) is 12.0. The van der Waals surface area contributed by atoms with Crippen LogP contribution in [-0.2, 0) is 38.1 Å². The highest BCUT2D eigenvalue weighted by Gasteiger charge is 2.63. The van der Waals surface area contributed by atoms with Crippen molar-refractivity contribution < 1.29 is 53.4 Å². The molecule has 1 aliphatic carbocycles. The van der Waals surface area contributed by atoms with Gasteiger partial charge in [-0.05, 0) is 102 Å². The van der Waals surface area contributed by atoms with Gasteiger partial charge in [-0.15, -0.1) is 0 Å². The topological polar surface area (TPSA) is 170 Å². The zero-order valence-electron chi connectivity index (χ0n) is 39.0. The van der Waals surface area contributed by atoms with E-state index in [1.807, 2.05) is 46.8 Å². The van der Waals surface area contributed by atoms with E-state index >= 15 is 0 Å². The number of carboxylic acid groups (broad SMARTS) is 1. The lowest BCUT2D eigenvalue weighted by molar-refractivity contribution is -0.398. The summed E-state index contributed by atoms with van der Waals surface area (Å²) in [4.78, 5) is 40.6. The number of nitrogens with one attached hydrogen (secondary N) is 1. The van der Waals surface area contributed by atoms with Gasteiger partial charge in [-0.2, -0.15) is 0 Å². The van der Waals surface area contributed by atoms with Crippen molar-refractivity contribution in [1.29, 1.82) is 0 Å². The lowest BCUT2D eigenvalue weighted by Gasteiger charge is -2.55. The Labute approximate surface area is 366 Å². The van der Waals surface area contributed by atoms with Crippen molar-refractivity contribution in [2.24, 2.45) is 47.3 Å². The van der Waals surface area contributed by atoms with Gasteiger partial charge in [-0.3, -0.25) is 14.4 Å². The Hall–Kier alpha value is -1.93. The average Bonchev–Trinajstić information content (AvgIpc) is 3.58. The molecule has 5 aliphatic heterocycles. The maximum absolute atomic E-state index is 14.7. The lowest BCUT2D eigenvalue weighted by Crippen LogP contribution is -2.66. The first-order valence-corrected chi connectivity index (χ1v) is 24.3. The molecule has 0 radical (unpaired) electrons. The van der Waals surface area contributed by atoms with E-state index in [9.17, 15) is 29.7 Å². The first-order chi connectivity index (χ1) is 28.8. The Morgan fingerprint density at radius 2 is 1.52 bits per heavy atom. The number of rotatable bonds is 14. The van der Waals surface area contributed by atoms with Gasteiger partial charge in [0.1, 0.15) is 11.8 Å². The molecule has 1 amide bonds. The van der Waals surface area contributed by atoms with Crippen molar-refractivity contribution in [3.8, 4) is 0 Å². The summed E-state index contributed by atoms with van der Waals surface area (Å²) in [5, 5.41) is 36.3. The third-order valence-corrected chi connectivity index (χ3v) is 16.8. The molecule has 12 nitrogen and oxygen atoms in total. The number of amides is 1. The van der Waals surface area contributed by atoms with Gasteiger partial charge in [0.25, 0.3) is 0 Å². The Bertz CT molecular complexity index is 1570. The van der Waals surface area contributed by atoms with E-state index in [2.05, 4.69) is 33.0 Å². The second-order valence-electron chi connectivity index (χ2n) is 20.8. The second kappa shape index (κ2) is 19.3. The van der Waals surface area contributed by atoms with Crippen LogP contribution in [0.2, 0.25) is 0 Å². The number of Topliss-reactive ketones (excluding diaryl/α,β-unsaturated/α-hetero) is 1. The van der Waals surface area contributed by atoms with Crippen molar-refractivity contribution in [3.05, 3.63) is 12.2 Å². The first-order valence-electron chi connectivity index (χ1n) is 24.3. The SMILES string of the molecule is CCC(C(=O)[C@@H](C)[C@@H](O)[C@H](C)[C@@H]1O[C@@H]([C@@H](CC)C(=O)O)CC[C@@H]1C)[C@H]1O[C@]2(C=CC(NC(=O)C3CCCCC3)[C@]3(CC[C@@](C)([C@H]4CC[C@](O)(CC)[C@H](C)O4)O3)O2)[C@H](C)C[C@@H]1C. The molecule has 2 unspecified atom stereocenters. The maximum atomic E-state index is 14.7. The van der Waals surface area contributed by atoms with Crippen LogP contribution in [0.4, 0.5) is 0 Å². The van der Waals surface area contributed by atoms with Gasteiger partial charge in [0, 0.05) is 36.0 Å². The summed E-state index contributed by atoms with van der Waals surface area (Å²) in [6, 6.07) is -0.580. The van der Waals surface area contributed by atoms with Crippen LogP contribution in [0.1, 0.15) is 166 Å². The van der Waals surface area contributed by atoms with Crippen LogP contribution in [0.25, 0.3) is 0 Å². The normalized spacial score (nSPS) is 43.4. The van der Waals surface area contributed by atoms with Gasteiger partial charge >= 0.3 is 5.97 Å². The fraction of sp³-hybridized carbons (Fsp3) is 0.898. The number of carbonyl (C=O) groups is 3. The fourth-order valence-corrected chi connectivity index (χ4v) is 12.3. The number of ether oxygens (including phenoxy) is 5. The van der Waals surface area contributed by atoms with Crippen molar-refractivity contribution in [1.82, 2.24) is 5.32 Å². The molecule has 4 saturated heterocycles. The first kappa shape index (κ1) is 48.5. The molecule has 2 spiro atoms. The molecule has 0 bridgehead atoms. The average molecular weight is 860 g/mol. The molecule has 5 heterocycles. The molecule has 6 rings (SSSR count). The summed E-state index contributed by atoms with van der Waals surface area (Å²) in [5.41, 5.74) is -1.65. The smallest absolute Gasteiger partial charge is 0.309 e. The summed E-state index contributed by atoms with van der Waals surface area (Å²) in [7, 11) is 0. The predicted octanol–water partition coefficient (Wildman–Crippen LogP) is 7.89.